The van der Waals surface area contributed by atoms with Crippen LogP contribution < -0.4 is 4.74 Å². The molecule has 0 amide bonds. The van der Waals surface area contributed by atoms with E-state index >= 15 is 0 Å². The number of benzene rings is 1. The van der Waals surface area contributed by atoms with Crippen LogP contribution in [0.2, 0.25) is 0 Å². The third-order valence-electron chi connectivity index (χ3n) is 2.93. The molecule has 3 rings (SSSR count). The number of rotatable bonds is 7. The molecule has 0 bridgehead atoms. The van der Waals surface area contributed by atoms with Crippen LogP contribution >= 0.6 is 11.3 Å². The fraction of sp³-hybridized carbons (Fsp3) is 0.200. The molecule has 2 aromatic heterocycles. The number of esters is 1. The van der Waals surface area contributed by atoms with E-state index in [-0.39, 0.29) is 25.6 Å². The topological polar surface area (TPSA) is 79.1 Å². The molecule has 2 heterocycles. The van der Waals surface area contributed by atoms with E-state index in [0.29, 0.717) is 11.6 Å². The number of nitrogens with zero attached hydrogens (tertiary/aromatic N) is 4. The molecule has 0 unspecified atom stereocenters. The first-order valence-corrected chi connectivity index (χ1v) is 7.99. The number of hydrogen-bond donors (Lipinski definition) is 0. The van der Waals surface area contributed by atoms with Gasteiger partial charge in [-0.2, -0.15) is 16.1 Å². The van der Waals surface area contributed by atoms with Crippen LogP contribution in [0.25, 0.3) is 11.4 Å². The fourth-order valence-electron chi connectivity index (χ4n) is 1.82. The van der Waals surface area contributed by atoms with Gasteiger partial charge in [-0.25, -0.2) is 9.18 Å². The molecule has 0 N–H and O–H groups in total. The second-order valence-electron chi connectivity index (χ2n) is 4.68. The first-order valence-electron chi connectivity index (χ1n) is 7.05. The number of ether oxygens (including phenoxy) is 2. The molecule has 0 aliphatic rings. The first-order chi connectivity index (χ1) is 11.7. The van der Waals surface area contributed by atoms with Gasteiger partial charge in [-0.15, -0.1) is 10.2 Å². The van der Waals surface area contributed by atoms with E-state index in [9.17, 15) is 9.18 Å². The number of tetrazole rings is 1. The Morgan fingerprint density at radius 3 is 2.79 bits per heavy atom. The van der Waals surface area contributed by atoms with Gasteiger partial charge < -0.3 is 9.47 Å². The predicted molar refractivity (Wildman–Crippen MR) is 84.0 cm³/mol. The van der Waals surface area contributed by atoms with E-state index in [1.54, 1.807) is 0 Å². The van der Waals surface area contributed by atoms with Gasteiger partial charge in [0.05, 0.1) is 0 Å². The van der Waals surface area contributed by atoms with Gasteiger partial charge in [0, 0.05) is 10.9 Å². The lowest BCUT2D eigenvalue weighted by Gasteiger charge is -2.06. The third kappa shape index (κ3) is 4.35. The SMILES string of the molecule is O=C(Cn1nnc(-c2ccsc2)n1)OCCOc1ccc(F)cc1. The van der Waals surface area contributed by atoms with E-state index in [4.69, 9.17) is 9.47 Å². The highest BCUT2D eigenvalue weighted by Crippen LogP contribution is 2.16. The Hall–Kier alpha value is -2.81. The summed E-state index contributed by atoms with van der Waals surface area (Å²) in [4.78, 5) is 12.9. The van der Waals surface area contributed by atoms with Crippen LogP contribution in [0, 0.1) is 5.82 Å². The smallest absolute Gasteiger partial charge is 0.329 e. The van der Waals surface area contributed by atoms with Crippen LogP contribution in [0.15, 0.2) is 41.1 Å². The van der Waals surface area contributed by atoms with Crippen LogP contribution in [0.5, 0.6) is 5.75 Å². The van der Waals surface area contributed by atoms with Crippen LogP contribution in [-0.4, -0.2) is 39.4 Å². The Morgan fingerprint density at radius 2 is 2.04 bits per heavy atom. The molecule has 0 aliphatic heterocycles. The zero-order valence-corrected chi connectivity index (χ0v) is 13.3. The van der Waals surface area contributed by atoms with Crippen LogP contribution in [0.4, 0.5) is 4.39 Å². The number of aromatic nitrogens is 4. The molecular weight excluding hydrogens is 335 g/mol. The summed E-state index contributed by atoms with van der Waals surface area (Å²) in [6, 6.07) is 7.47. The Bertz CT molecular complexity index is 789. The van der Waals surface area contributed by atoms with Gasteiger partial charge in [0.1, 0.15) is 24.8 Å². The summed E-state index contributed by atoms with van der Waals surface area (Å²) in [5.41, 5.74) is 0.854. The van der Waals surface area contributed by atoms with E-state index in [1.165, 1.54) is 40.4 Å². The van der Waals surface area contributed by atoms with Gasteiger partial charge in [-0.05, 0) is 40.9 Å². The lowest BCUT2D eigenvalue weighted by molar-refractivity contribution is -0.145. The minimum atomic E-state index is -0.494. The second-order valence-corrected chi connectivity index (χ2v) is 5.46. The molecule has 124 valence electrons. The zero-order valence-electron chi connectivity index (χ0n) is 12.5. The standard InChI is InChI=1S/C15H13FN4O3S/c16-12-1-3-13(4-2-12)22-6-7-23-14(21)9-20-18-15(17-19-20)11-5-8-24-10-11/h1-5,8,10H,6-7,9H2. The summed E-state index contributed by atoms with van der Waals surface area (Å²) in [5.74, 6) is 0.136. The number of carbonyl (C=O) groups excluding carboxylic acids is 1. The van der Waals surface area contributed by atoms with Crippen molar-refractivity contribution >= 4 is 17.3 Å². The maximum Gasteiger partial charge on any atom is 0.329 e. The quantitative estimate of drug-likeness (QED) is 0.481. The van der Waals surface area contributed by atoms with Gasteiger partial charge in [-0.1, -0.05) is 0 Å². The number of hydrogen-bond acceptors (Lipinski definition) is 7. The van der Waals surface area contributed by atoms with Crippen molar-refractivity contribution in [3.63, 3.8) is 0 Å². The van der Waals surface area contributed by atoms with Crippen molar-refractivity contribution in [1.82, 2.24) is 20.2 Å². The molecule has 0 fully saturated rings. The molecule has 1 aromatic carbocycles. The van der Waals surface area contributed by atoms with Crippen molar-refractivity contribution in [2.45, 2.75) is 6.54 Å². The molecule has 0 aliphatic carbocycles. The molecule has 0 saturated heterocycles. The Balaban J connectivity index is 1.40. The number of thiophene rings is 1. The van der Waals surface area contributed by atoms with Crippen molar-refractivity contribution in [2.75, 3.05) is 13.2 Å². The van der Waals surface area contributed by atoms with Crippen molar-refractivity contribution in [2.24, 2.45) is 0 Å². The number of halogens is 1. The molecule has 7 nitrogen and oxygen atoms in total. The van der Waals surface area contributed by atoms with Crippen molar-refractivity contribution in [3.8, 4) is 17.1 Å². The largest absolute Gasteiger partial charge is 0.490 e. The van der Waals surface area contributed by atoms with E-state index < -0.39 is 5.97 Å². The van der Waals surface area contributed by atoms with E-state index in [1.807, 2.05) is 16.8 Å². The summed E-state index contributed by atoms with van der Waals surface area (Å²) in [6.07, 6.45) is 0. The normalized spacial score (nSPS) is 10.5. The van der Waals surface area contributed by atoms with Crippen LogP contribution in [0.3, 0.4) is 0 Å². The molecule has 0 atom stereocenters. The Morgan fingerprint density at radius 1 is 1.21 bits per heavy atom. The van der Waals surface area contributed by atoms with E-state index in [2.05, 4.69) is 15.4 Å². The highest BCUT2D eigenvalue weighted by molar-refractivity contribution is 7.08. The molecular formula is C15H13FN4O3S. The maximum absolute atomic E-state index is 12.7. The Kier molecular flexibility index (Phi) is 5.12. The first kappa shape index (κ1) is 16.1. The van der Waals surface area contributed by atoms with Gasteiger partial charge in [0.15, 0.2) is 6.54 Å². The lowest BCUT2D eigenvalue weighted by atomic mass is 10.3. The van der Waals surface area contributed by atoms with Gasteiger partial charge in [0.25, 0.3) is 0 Å². The summed E-state index contributed by atoms with van der Waals surface area (Å²) in [5, 5.41) is 15.6. The van der Waals surface area contributed by atoms with Crippen molar-refractivity contribution < 1.29 is 18.7 Å². The summed E-state index contributed by atoms with van der Waals surface area (Å²) in [6.45, 7) is 0.109. The monoisotopic (exact) mass is 348 g/mol. The zero-order chi connectivity index (χ0) is 16.8. The highest BCUT2D eigenvalue weighted by atomic mass is 32.1. The van der Waals surface area contributed by atoms with Crippen LogP contribution in [-0.2, 0) is 16.1 Å². The van der Waals surface area contributed by atoms with Crippen LogP contribution in [0.1, 0.15) is 0 Å². The molecule has 9 heteroatoms. The minimum Gasteiger partial charge on any atom is -0.490 e. The summed E-state index contributed by atoms with van der Waals surface area (Å²) in [7, 11) is 0. The highest BCUT2D eigenvalue weighted by Gasteiger charge is 2.10. The average Bonchev–Trinajstić information content (AvgIpc) is 3.24. The van der Waals surface area contributed by atoms with Crippen molar-refractivity contribution in [3.05, 3.63) is 46.9 Å². The van der Waals surface area contributed by atoms with Crippen molar-refractivity contribution in [1.29, 1.82) is 0 Å². The predicted octanol–water partition coefficient (Wildman–Crippen LogP) is 2.16. The average molecular weight is 348 g/mol. The second kappa shape index (κ2) is 7.64. The van der Waals surface area contributed by atoms with Gasteiger partial charge in [-0.3, -0.25) is 0 Å². The minimum absolute atomic E-state index is 0.0717. The Labute approximate surface area is 140 Å². The lowest BCUT2D eigenvalue weighted by Crippen LogP contribution is -2.18. The van der Waals surface area contributed by atoms with E-state index in [0.717, 1.165) is 5.56 Å². The molecule has 0 radical (unpaired) electrons. The number of carbonyl (C=O) groups is 1. The third-order valence-corrected chi connectivity index (χ3v) is 3.61. The molecule has 24 heavy (non-hydrogen) atoms. The maximum atomic E-state index is 12.7. The fourth-order valence-corrected chi connectivity index (χ4v) is 2.46. The van der Waals surface area contributed by atoms with Gasteiger partial charge in [0.2, 0.25) is 5.82 Å². The summed E-state index contributed by atoms with van der Waals surface area (Å²) < 4.78 is 23.1. The molecule has 0 saturated carbocycles. The van der Waals surface area contributed by atoms with Gasteiger partial charge >= 0.3 is 5.97 Å². The molecule has 3 aromatic rings. The molecule has 0 spiro atoms. The summed E-state index contributed by atoms with van der Waals surface area (Å²) >= 11 is 1.53.